The number of fused-ring (bicyclic) bond motifs is 4. The number of nitrogens with one attached hydrogen (secondary N) is 2. The zero-order valence-electron chi connectivity index (χ0n) is 20.0. The number of anilines is 1. The van der Waals surface area contributed by atoms with Gasteiger partial charge >= 0.3 is 5.97 Å². The summed E-state index contributed by atoms with van der Waals surface area (Å²) in [5.41, 5.74) is 0.0605. The Morgan fingerprint density at radius 3 is 2.47 bits per heavy atom. The molecule has 2 unspecified atom stereocenters. The van der Waals surface area contributed by atoms with Gasteiger partial charge in [0.15, 0.2) is 17.5 Å². The fourth-order valence-corrected chi connectivity index (χ4v) is 6.22. The summed E-state index contributed by atoms with van der Waals surface area (Å²) in [7, 11) is 0. The number of benzene rings is 2. The molecule has 0 saturated heterocycles. The Morgan fingerprint density at radius 2 is 1.79 bits per heavy atom. The van der Waals surface area contributed by atoms with Crippen LogP contribution in [0.1, 0.15) is 31.2 Å². The Kier molecular flexibility index (Phi) is 5.79. The Labute approximate surface area is 215 Å². The quantitative estimate of drug-likeness (QED) is 0.305. The normalized spacial score (nSPS) is 22.4. The number of H-pyrrole nitrogens is 1. The number of pyridine rings is 1. The van der Waals surface area contributed by atoms with Gasteiger partial charge in [-0.1, -0.05) is 30.3 Å². The van der Waals surface area contributed by atoms with Crippen LogP contribution in [-0.4, -0.2) is 32.3 Å². The zero-order chi connectivity index (χ0) is 26.6. The summed E-state index contributed by atoms with van der Waals surface area (Å²) in [6, 6.07) is 11.6. The van der Waals surface area contributed by atoms with Gasteiger partial charge in [0, 0.05) is 23.1 Å². The lowest BCUT2D eigenvalue weighted by Crippen LogP contribution is -2.51. The number of carboxylic acids is 1. The topological polar surface area (TPSA) is 115 Å². The lowest BCUT2D eigenvalue weighted by molar-refractivity contribution is -0.148. The van der Waals surface area contributed by atoms with Gasteiger partial charge in [-0.2, -0.15) is 10.4 Å². The van der Waals surface area contributed by atoms with Gasteiger partial charge < -0.3 is 10.4 Å². The van der Waals surface area contributed by atoms with Crippen molar-refractivity contribution in [3.63, 3.8) is 0 Å². The smallest absolute Gasteiger partial charge is 0.308 e. The lowest BCUT2D eigenvalue weighted by Gasteiger charge is -2.47. The number of hydrogen-bond donors (Lipinski definition) is 3. The minimum absolute atomic E-state index is 0.0213. The second-order valence-electron chi connectivity index (χ2n) is 9.94. The van der Waals surface area contributed by atoms with Crippen molar-refractivity contribution >= 4 is 22.7 Å². The van der Waals surface area contributed by atoms with Crippen LogP contribution in [-0.2, 0) is 4.79 Å². The molecule has 2 atom stereocenters. The van der Waals surface area contributed by atoms with E-state index in [1.807, 2.05) is 6.07 Å². The van der Waals surface area contributed by atoms with Crippen molar-refractivity contribution in [2.75, 3.05) is 5.32 Å². The molecule has 38 heavy (non-hydrogen) atoms. The molecule has 2 aromatic carbocycles. The summed E-state index contributed by atoms with van der Waals surface area (Å²) < 4.78 is 44.8. The first kappa shape index (κ1) is 24.0. The van der Waals surface area contributed by atoms with E-state index in [4.69, 9.17) is 0 Å². The molecule has 0 aliphatic heterocycles. The average molecular weight is 518 g/mol. The molecule has 192 valence electrons. The second kappa shape index (κ2) is 9.17. The summed E-state index contributed by atoms with van der Waals surface area (Å²) in [6.07, 6.45) is 3.26. The first-order valence-electron chi connectivity index (χ1n) is 12.4. The molecule has 3 fully saturated rings. The van der Waals surface area contributed by atoms with Gasteiger partial charge in [0.25, 0.3) is 0 Å². The minimum Gasteiger partial charge on any atom is -0.481 e. The first-order valence-corrected chi connectivity index (χ1v) is 12.4. The number of carbonyl (C=O) groups is 1. The SMILES string of the molecule is N#Cc1c(-c2[nH]nc3c(F)cc(F)cc23)nc(NC2C3CCC(CC3)C2C(=O)O)c(F)c1-c1ccccc1. The molecule has 2 bridgehead atoms. The van der Waals surface area contributed by atoms with Gasteiger partial charge in [-0.25, -0.2) is 18.2 Å². The fraction of sp³-hybridized carbons (Fsp3) is 0.286. The van der Waals surface area contributed by atoms with Crippen molar-refractivity contribution in [3.05, 3.63) is 65.5 Å². The molecule has 0 amide bonds. The Morgan fingerprint density at radius 1 is 1.08 bits per heavy atom. The molecule has 10 heteroatoms. The van der Waals surface area contributed by atoms with E-state index in [-0.39, 0.29) is 51.1 Å². The zero-order valence-corrected chi connectivity index (χ0v) is 20.0. The van der Waals surface area contributed by atoms with Crippen molar-refractivity contribution in [3.8, 4) is 28.6 Å². The van der Waals surface area contributed by atoms with Gasteiger partial charge in [0.1, 0.15) is 23.1 Å². The number of nitriles is 1. The Hall–Kier alpha value is -4.39. The molecule has 3 aliphatic carbocycles. The Balaban J connectivity index is 1.58. The maximum Gasteiger partial charge on any atom is 0.308 e. The first-order chi connectivity index (χ1) is 18.4. The monoisotopic (exact) mass is 517 g/mol. The van der Waals surface area contributed by atoms with Crippen LogP contribution in [0.4, 0.5) is 19.0 Å². The lowest BCUT2D eigenvalue weighted by atomic mass is 9.61. The molecule has 7 rings (SSSR count). The number of halogens is 3. The highest BCUT2D eigenvalue weighted by molar-refractivity contribution is 5.95. The van der Waals surface area contributed by atoms with E-state index in [0.717, 1.165) is 31.7 Å². The third-order valence-corrected chi connectivity index (χ3v) is 7.93. The molecule has 3 saturated carbocycles. The van der Waals surface area contributed by atoms with Crippen molar-refractivity contribution in [2.24, 2.45) is 17.8 Å². The standard InChI is InChI=1S/C28H22F3N5O2/c29-16-10-17-24(19(30)11-16)35-36-26(17)25-18(12-32)20(13-4-2-1-3-5-13)22(31)27(34-25)33-23-15-8-6-14(7-9-15)21(23)28(37)38/h1-5,10-11,14-15,21,23H,6-9H2,(H,33,34)(H,35,36)(H,37,38). The number of rotatable bonds is 5. The second-order valence-corrected chi connectivity index (χ2v) is 9.94. The molecular formula is C28H22F3N5O2. The third-order valence-electron chi connectivity index (χ3n) is 7.93. The van der Waals surface area contributed by atoms with Gasteiger partial charge in [0.05, 0.1) is 17.2 Å². The van der Waals surface area contributed by atoms with E-state index < -0.39 is 35.4 Å². The van der Waals surface area contributed by atoms with Crippen LogP contribution in [0.2, 0.25) is 0 Å². The molecule has 4 aromatic rings. The number of hydrogen-bond acceptors (Lipinski definition) is 5. The van der Waals surface area contributed by atoms with E-state index in [0.29, 0.717) is 11.6 Å². The number of aliphatic carboxylic acids is 1. The number of aromatic nitrogens is 3. The third kappa shape index (κ3) is 3.77. The van der Waals surface area contributed by atoms with Crippen molar-refractivity contribution in [2.45, 2.75) is 31.7 Å². The van der Waals surface area contributed by atoms with E-state index in [1.165, 1.54) is 0 Å². The highest BCUT2D eigenvalue weighted by Crippen LogP contribution is 2.47. The molecule has 2 aromatic heterocycles. The predicted octanol–water partition coefficient (Wildman–Crippen LogP) is 5.88. The number of carboxylic acid groups (broad SMARTS) is 1. The van der Waals surface area contributed by atoms with Crippen molar-refractivity contribution < 1.29 is 23.1 Å². The van der Waals surface area contributed by atoms with E-state index in [1.54, 1.807) is 30.3 Å². The highest BCUT2D eigenvalue weighted by Gasteiger charge is 2.47. The number of aromatic amines is 1. The summed E-state index contributed by atoms with van der Waals surface area (Å²) in [5, 5.41) is 29.8. The molecular weight excluding hydrogens is 495 g/mol. The van der Waals surface area contributed by atoms with Crippen LogP contribution >= 0.6 is 0 Å². The van der Waals surface area contributed by atoms with Crippen LogP contribution in [0.25, 0.3) is 33.4 Å². The van der Waals surface area contributed by atoms with E-state index in [9.17, 15) is 23.9 Å². The van der Waals surface area contributed by atoms with Crippen LogP contribution in [0.5, 0.6) is 0 Å². The van der Waals surface area contributed by atoms with Crippen LogP contribution < -0.4 is 5.32 Å². The molecule has 3 aliphatic rings. The summed E-state index contributed by atoms with van der Waals surface area (Å²) >= 11 is 0. The molecule has 3 N–H and O–H groups in total. The Bertz CT molecular complexity index is 1610. The highest BCUT2D eigenvalue weighted by atomic mass is 19.1. The van der Waals surface area contributed by atoms with E-state index in [2.05, 4.69) is 20.5 Å². The largest absolute Gasteiger partial charge is 0.481 e. The average Bonchev–Trinajstić information content (AvgIpc) is 3.34. The van der Waals surface area contributed by atoms with Crippen LogP contribution in [0.15, 0.2) is 42.5 Å². The maximum atomic E-state index is 16.2. The van der Waals surface area contributed by atoms with Crippen molar-refractivity contribution in [1.82, 2.24) is 15.2 Å². The summed E-state index contributed by atoms with van der Waals surface area (Å²) in [4.78, 5) is 16.6. The predicted molar refractivity (Wildman–Crippen MR) is 133 cm³/mol. The minimum atomic E-state index is -0.944. The summed E-state index contributed by atoms with van der Waals surface area (Å²) in [6.45, 7) is 0. The van der Waals surface area contributed by atoms with Gasteiger partial charge in [-0.3, -0.25) is 9.89 Å². The molecule has 0 radical (unpaired) electrons. The summed E-state index contributed by atoms with van der Waals surface area (Å²) in [5.74, 6) is -4.41. The maximum absolute atomic E-state index is 16.2. The molecule has 7 nitrogen and oxygen atoms in total. The fourth-order valence-electron chi connectivity index (χ4n) is 6.22. The van der Waals surface area contributed by atoms with E-state index >= 15 is 4.39 Å². The van der Waals surface area contributed by atoms with Gasteiger partial charge in [0.2, 0.25) is 0 Å². The van der Waals surface area contributed by atoms with Crippen molar-refractivity contribution in [1.29, 1.82) is 5.26 Å². The van der Waals surface area contributed by atoms with Gasteiger partial charge in [-0.15, -0.1) is 0 Å². The molecule has 0 spiro atoms. The van der Waals surface area contributed by atoms with Crippen LogP contribution in [0.3, 0.4) is 0 Å². The van der Waals surface area contributed by atoms with Crippen LogP contribution in [0, 0.1) is 46.5 Å². The molecule has 2 heterocycles. The van der Waals surface area contributed by atoms with Gasteiger partial charge in [-0.05, 0) is 49.1 Å². The number of nitrogens with zero attached hydrogens (tertiary/aromatic N) is 3.